The summed E-state index contributed by atoms with van der Waals surface area (Å²) >= 11 is 6.80. The molecule has 2 N–H and O–H groups in total. The first kappa shape index (κ1) is 13.8. The summed E-state index contributed by atoms with van der Waals surface area (Å²) in [6.07, 6.45) is 0. The van der Waals surface area contributed by atoms with Gasteiger partial charge in [0.1, 0.15) is 10.7 Å². The normalized spacial score (nSPS) is 10.5. The Kier molecular flexibility index (Phi) is 4.01. The minimum absolute atomic E-state index is 0.00617. The van der Waals surface area contributed by atoms with E-state index in [0.29, 0.717) is 4.88 Å². The Morgan fingerprint density at radius 2 is 2.11 bits per heavy atom. The number of thiophene rings is 1. The van der Waals surface area contributed by atoms with Crippen molar-refractivity contribution in [3.63, 3.8) is 0 Å². The molecule has 100 valence electrons. The van der Waals surface area contributed by atoms with Crippen molar-refractivity contribution < 1.29 is 18.7 Å². The summed E-state index contributed by atoms with van der Waals surface area (Å²) in [6, 6.07) is 4.82. The lowest BCUT2D eigenvalue weighted by Crippen LogP contribution is -2.01. The van der Waals surface area contributed by atoms with Crippen LogP contribution in [0.3, 0.4) is 0 Å². The number of nitrogens with one attached hydrogen (secondary N) is 1. The molecule has 0 fully saturated rings. The highest BCUT2D eigenvalue weighted by Crippen LogP contribution is 2.27. The standard InChI is InChI=1S/C12H8ClF2NO2S/c13-8-3-6(14)4-9(15)11(8)16-5-7-1-2-10(19-7)12(17)18/h1-4,16H,5H2,(H,17,18). The summed E-state index contributed by atoms with van der Waals surface area (Å²) in [5.74, 6) is -2.56. The molecule has 2 aromatic rings. The number of hydrogen-bond donors (Lipinski definition) is 2. The molecule has 19 heavy (non-hydrogen) atoms. The number of halogens is 3. The smallest absolute Gasteiger partial charge is 0.345 e. The third-order valence-electron chi connectivity index (χ3n) is 2.32. The second kappa shape index (κ2) is 5.54. The van der Waals surface area contributed by atoms with E-state index in [0.717, 1.165) is 23.5 Å². The highest BCUT2D eigenvalue weighted by Gasteiger charge is 2.11. The predicted molar refractivity (Wildman–Crippen MR) is 70.0 cm³/mol. The molecule has 0 saturated heterocycles. The Morgan fingerprint density at radius 3 is 2.68 bits per heavy atom. The summed E-state index contributed by atoms with van der Waals surface area (Å²) in [4.78, 5) is 11.6. The number of anilines is 1. The van der Waals surface area contributed by atoms with Gasteiger partial charge in [0.25, 0.3) is 0 Å². The molecule has 2 rings (SSSR count). The predicted octanol–water partition coefficient (Wildman–Crippen LogP) is 3.99. The molecular weight excluding hydrogens is 296 g/mol. The zero-order valence-corrected chi connectivity index (χ0v) is 11.0. The van der Waals surface area contributed by atoms with E-state index in [-0.39, 0.29) is 22.1 Å². The number of hydrogen-bond acceptors (Lipinski definition) is 3. The van der Waals surface area contributed by atoms with Crippen molar-refractivity contribution in [3.8, 4) is 0 Å². The minimum Gasteiger partial charge on any atom is -0.477 e. The van der Waals surface area contributed by atoms with Gasteiger partial charge in [-0.05, 0) is 18.2 Å². The first-order chi connectivity index (χ1) is 8.97. The van der Waals surface area contributed by atoms with Crippen LogP contribution in [0.2, 0.25) is 5.02 Å². The molecule has 1 heterocycles. The van der Waals surface area contributed by atoms with Crippen LogP contribution in [-0.4, -0.2) is 11.1 Å². The Hall–Kier alpha value is -1.66. The fourth-order valence-electron chi connectivity index (χ4n) is 1.47. The highest BCUT2D eigenvalue weighted by molar-refractivity contribution is 7.13. The van der Waals surface area contributed by atoms with Crippen molar-refractivity contribution in [2.75, 3.05) is 5.32 Å². The van der Waals surface area contributed by atoms with E-state index in [1.807, 2.05) is 0 Å². The average Bonchev–Trinajstić information content (AvgIpc) is 2.76. The molecule has 0 unspecified atom stereocenters. The molecule has 1 aromatic heterocycles. The Balaban J connectivity index is 2.12. The average molecular weight is 304 g/mol. The molecule has 0 amide bonds. The molecule has 0 atom stereocenters. The fraction of sp³-hybridized carbons (Fsp3) is 0.0833. The number of carbonyl (C=O) groups is 1. The summed E-state index contributed by atoms with van der Waals surface area (Å²) in [5.41, 5.74) is -0.00617. The molecule has 0 saturated carbocycles. The molecule has 0 aliphatic heterocycles. The van der Waals surface area contributed by atoms with E-state index in [9.17, 15) is 13.6 Å². The maximum absolute atomic E-state index is 13.5. The lowest BCUT2D eigenvalue weighted by Gasteiger charge is -2.08. The zero-order chi connectivity index (χ0) is 14.0. The van der Waals surface area contributed by atoms with Crippen LogP contribution in [-0.2, 0) is 6.54 Å². The minimum atomic E-state index is -1.01. The number of carboxylic acids is 1. The molecular formula is C12H8ClF2NO2S. The number of benzene rings is 1. The number of rotatable bonds is 4. The van der Waals surface area contributed by atoms with Crippen molar-refractivity contribution in [2.45, 2.75) is 6.54 Å². The van der Waals surface area contributed by atoms with Crippen molar-refractivity contribution in [1.29, 1.82) is 0 Å². The van der Waals surface area contributed by atoms with E-state index >= 15 is 0 Å². The van der Waals surface area contributed by atoms with Gasteiger partial charge in [0.2, 0.25) is 0 Å². The first-order valence-corrected chi connectivity index (χ1v) is 6.37. The van der Waals surface area contributed by atoms with Crippen LogP contribution < -0.4 is 5.32 Å². The fourth-order valence-corrected chi connectivity index (χ4v) is 2.52. The summed E-state index contributed by atoms with van der Waals surface area (Å²) in [7, 11) is 0. The molecule has 0 aliphatic rings. The maximum atomic E-state index is 13.5. The number of aromatic carboxylic acids is 1. The van der Waals surface area contributed by atoms with E-state index in [1.54, 1.807) is 6.07 Å². The molecule has 0 aliphatic carbocycles. The summed E-state index contributed by atoms with van der Waals surface area (Å²) < 4.78 is 26.3. The van der Waals surface area contributed by atoms with Gasteiger partial charge in [0.05, 0.1) is 10.7 Å². The van der Waals surface area contributed by atoms with E-state index in [4.69, 9.17) is 16.7 Å². The van der Waals surface area contributed by atoms with Gasteiger partial charge in [-0.3, -0.25) is 0 Å². The second-order valence-corrected chi connectivity index (χ2v) is 5.24. The van der Waals surface area contributed by atoms with Crippen LogP contribution in [0, 0.1) is 11.6 Å². The van der Waals surface area contributed by atoms with Gasteiger partial charge in [0.15, 0.2) is 5.82 Å². The largest absolute Gasteiger partial charge is 0.477 e. The van der Waals surface area contributed by atoms with Crippen molar-refractivity contribution >= 4 is 34.6 Å². The molecule has 1 aromatic carbocycles. The number of carboxylic acid groups (broad SMARTS) is 1. The van der Waals surface area contributed by atoms with Crippen LogP contribution in [0.1, 0.15) is 14.5 Å². The van der Waals surface area contributed by atoms with Crippen LogP contribution in [0.15, 0.2) is 24.3 Å². The summed E-state index contributed by atoms with van der Waals surface area (Å²) in [6.45, 7) is 0.209. The lowest BCUT2D eigenvalue weighted by molar-refractivity contribution is 0.0702. The summed E-state index contributed by atoms with van der Waals surface area (Å²) in [5, 5.41) is 11.4. The second-order valence-electron chi connectivity index (χ2n) is 3.67. The Morgan fingerprint density at radius 1 is 1.37 bits per heavy atom. The van der Waals surface area contributed by atoms with Crippen molar-refractivity contribution in [2.24, 2.45) is 0 Å². The van der Waals surface area contributed by atoms with Gasteiger partial charge < -0.3 is 10.4 Å². The van der Waals surface area contributed by atoms with E-state index in [1.165, 1.54) is 6.07 Å². The molecule has 0 spiro atoms. The van der Waals surface area contributed by atoms with Gasteiger partial charge in [-0.2, -0.15) is 0 Å². The van der Waals surface area contributed by atoms with E-state index < -0.39 is 17.6 Å². The van der Waals surface area contributed by atoms with E-state index in [2.05, 4.69) is 5.32 Å². The molecule has 3 nitrogen and oxygen atoms in total. The molecule has 0 radical (unpaired) electrons. The quantitative estimate of drug-likeness (QED) is 0.898. The van der Waals surface area contributed by atoms with Gasteiger partial charge in [-0.1, -0.05) is 11.6 Å². The van der Waals surface area contributed by atoms with Crippen molar-refractivity contribution in [1.82, 2.24) is 0 Å². The van der Waals surface area contributed by atoms with Crippen LogP contribution >= 0.6 is 22.9 Å². The third kappa shape index (κ3) is 3.21. The van der Waals surface area contributed by atoms with Crippen LogP contribution in [0.4, 0.5) is 14.5 Å². The van der Waals surface area contributed by atoms with Crippen LogP contribution in [0.5, 0.6) is 0 Å². The van der Waals surface area contributed by atoms with Crippen molar-refractivity contribution in [3.05, 3.63) is 50.7 Å². The SMILES string of the molecule is O=C(O)c1ccc(CNc2c(F)cc(F)cc2Cl)s1. The van der Waals surface area contributed by atoms with Gasteiger partial charge in [-0.15, -0.1) is 11.3 Å². The van der Waals surface area contributed by atoms with Crippen LogP contribution in [0.25, 0.3) is 0 Å². The molecule has 7 heteroatoms. The monoisotopic (exact) mass is 303 g/mol. The highest BCUT2D eigenvalue weighted by atomic mass is 35.5. The van der Waals surface area contributed by atoms with Gasteiger partial charge in [-0.25, -0.2) is 13.6 Å². The molecule has 0 bridgehead atoms. The lowest BCUT2D eigenvalue weighted by atomic mass is 10.3. The Labute approximate surface area is 116 Å². The maximum Gasteiger partial charge on any atom is 0.345 e. The van der Waals surface area contributed by atoms with Gasteiger partial charge in [0, 0.05) is 17.5 Å². The third-order valence-corrected chi connectivity index (χ3v) is 3.69. The van der Waals surface area contributed by atoms with Gasteiger partial charge >= 0.3 is 5.97 Å². The Bertz CT molecular complexity index is 607. The zero-order valence-electron chi connectivity index (χ0n) is 9.41. The topological polar surface area (TPSA) is 49.3 Å². The first-order valence-electron chi connectivity index (χ1n) is 5.18.